The highest BCUT2D eigenvalue weighted by Crippen LogP contribution is 2.17. The van der Waals surface area contributed by atoms with Crippen LogP contribution >= 0.6 is 0 Å². The molecule has 0 aliphatic rings. The average molecular weight is 234 g/mol. The van der Waals surface area contributed by atoms with Gasteiger partial charge in [-0.25, -0.2) is 4.79 Å². The van der Waals surface area contributed by atoms with E-state index >= 15 is 0 Å². The molecule has 3 heteroatoms. The Bertz CT molecular complexity index is 382. The maximum Gasteiger partial charge on any atom is 0.336 e. The fraction of sp³-hybridized carbons (Fsp3) is 0.357. The van der Waals surface area contributed by atoms with Gasteiger partial charge in [-0.1, -0.05) is 38.6 Å². The molecule has 0 unspecified atom stereocenters. The molecule has 0 saturated heterocycles. The summed E-state index contributed by atoms with van der Waals surface area (Å²) in [6.45, 7) is 9.02. The van der Waals surface area contributed by atoms with E-state index in [1.165, 1.54) is 0 Å². The molecule has 0 heterocycles. The van der Waals surface area contributed by atoms with E-state index in [4.69, 9.17) is 9.47 Å². The van der Waals surface area contributed by atoms with E-state index in [-0.39, 0.29) is 5.92 Å². The van der Waals surface area contributed by atoms with Crippen molar-refractivity contribution in [3.63, 3.8) is 0 Å². The second-order valence-electron chi connectivity index (χ2n) is 4.23. The third-order valence-corrected chi connectivity index (χ3v) is 2.11. The van der Waals surface area contributed by atoms with Crippen molar-refractivity contribution in [2.75, 3.05) is 0 Å². The van der Waals surface area contributed by atoms with Gasteiger partial charge in [0.05, 0.1) is 0 Å². The monoisotopic (exact) mass is 234 g/mol. The van der Waals surface area contributed by atoms with Gasteiger partial charge in [-0.2, -0.15) is 0 Å². The summed E-state index contributed by atoms with van der Waals surface area (Å²) in [5.41, 5.74) is 0.368. The Kier molecular flexibility index (Phi) is 4.76. The third-order valence-electron chi connectivity index (χ3n) is 2.11. The van der Waals surface area contributed by atoms with Gasteiger partial charge in [0.15, 0.2) is 0 Å². The number of ether oxygens (including phenoxy) is 2. The first-order chi connectivity index (χ1) is 8.00. The molecule has 92 valence electrons. The van der Waals surface area contributed by atoms with Crippen molar-refractivity contribution in [2.45, 2.75) is 27.1 Å². The Hall–Kier alpha value is -1.77. The van der Waals surface area contributed by atoms with Crippen LogP contribution in [0.2, 0.25) is 0 Å². The summed E-state index contributed by atoms with van der Waals surface area (Å²) >= 11 is 0. The number of carbonyl (C=O) groups excluding carboxylic acids is 1. The van der Waals surface area contributed by atoms with Gasteiger partial charge in [0, 0.05) is 11.5 Å². The predicted molar refractivity (Wildman–Crippen MR) is 66.6 cm³/mol. The second kappa shape index (κ2) is 6.09. The van der Waals surface area contributed by atoms with Gasteiger partial charge in [-0.15, -0.1) is 0 Å². The third kappa shape index (κ3) is 4.31. The van der Waals surface area contributed by atoms with Crippen LogP contribution in [0.3, 0.4) is 0 Å². The molecule has 0 aliphatic heterocycles. The zero-order valence-corrected chi connectivity index (χ0v) is 10.5. The van der Waals surface area contributed by atoms with Crippen molar-refractivity contribution in [3.05, 3.63) is 42.5 Å². The summed E-state index contributed by atoms with van der Waals surface area (Å²) in [5.74, 6) is 0.318. The smallest absolute Gasteiger partial charge is 0.336 e. The highest BCUT2D eigenvalue weighted by atomic mass is 16.7. The Morgan fingerprint density at radius 3 is 2.29 bits per heavy atom. The number of benzene rings is 1. The Morgan fingerprint density at radius 1 is 1.24 bits per heavy atom. The van der Waals surface area contributed by atoms with Gasteiger partial charge in [-0.05, 0) is 19.1 Å². The molecule has 0 saturated carbocycles. The molecule has 1 rings (SSSR count). The van der Waals surface area contributed by atoms with Gasteiger partial charge >= 0.3 is 5.97 Å². The highest BCUT2D eigenvalue weighted by Gasteiger charge is 2.20. The van der Waals surface area contributed by atoms with Crippen LogP contribution < -0.4 is 4.74 Å². The minimum atomic E-state index is -0.596. The maximum absolute atomic E-state index is 11.4. The predicted octanol–water partition coefficient (Wildman–Crippen LogP) is 3.17. The summed E-state index contributed by atoms with van der Waals surface area (Å²) in [7, 11) is 0. The van der Waals surface area contributed by atoms with E-state index in [0.29, 0.717) is 11.3 Å². The minimum absolute atomic E-state index is 0.0681. The van der Waals surface area contributed by atoms with E-state index < -0.39 is 12.3 Å². The van der Waals surface area contributed by atoms with Crippen LogP contribution in [0.4, 0.5) is 0 Å². The van der Waals surface area contributed by atoms with Crippen LogP contribution in [-0.4, -0.2) is 12.3 Å². The number of hydrogen-bond acceptors (Lipinski definition) is 3. The SMILES string of the molecule is C=C(C)C(=O)O[C@@H](Oc1ccccc1)C(C)C. The quantitative estimate of drug-likeness (QED) is 0.446. The van der Waals surface area contributed by atoms with Crippen LogP contribution in [-0.2, 0) is 9.53 Å². The van der Waals surface area contributed by atoms with Crippen molar-refractivity contribution in [2.24, 2.45) is 5.92 Å². The van der Waals surface area contributed by atoms with Crippen LogP contribution in [0.1, 0.15) is 20.8 Å². The van der Waals surface area contributed by atoms with Gasteiger partial charge in [0.1, 0.15) is 5.75 Å². The Balaban J connectivity index is 2.67. The molecule has 0 spiro atoms. The fourth-order valence-corrected chi connectivity index (χ4v) is 1.14. The lowest BCUT2D eigenvalue weighted by Gasteiger charge is -2.22. The standard InChI is InChI=1S/C14H18O3/c1-10(2)13(15)17-14(11(3)4)16-12-8-6-5-7-9-12/h5-9,11,14H,1H2,2-4H3/t14-/m1/s1. The van der Waals surface area contributed by atoms with E-state index in [1.807, 2.05) is 44.2 Å². The van der Waals surface area contributed by atoms with Gasteiger partial charge < -0.3 is 9.47 Å². The zero-order valence-electron chi connectivity index (χ0n) is 10.5. The van der Waals surface area contributed by atoms with Crippen LogP contribution in [0.5, 0.6) is 5.75 Å². The van der Waals surface area contributed by atoms with Crippen molar-refractivity contribution >= 4 is 5.97 Å². The maximum atomic E-state index is 11.4. The summed E-state index contributed by atoms with van der Waals surface area (Å²) < 4.78 is 10.8. The Morgan fingerprint density at radius 2 is 1.82 bits per heavy atom. The second-order valence-corrected chi connectivity index (χ2v) is 4.23. The molecule has 0 aliphatic carbocycles. The number of carbonyl (C=O) groups is 1. The fourth-order valence-electron chi connectivity index (χ4n) is 1.14. The molecule has 0 radical (unpaired) electrons. The first kappa shape index (κ1) is 13.3. The molecule has 0 bridgehead atoms. The van der Waals surface area contributed by atoms with E-state index in [2.05, 4.69) is 6.58 Å². The first-order valence-electron chi connectivity index (χ1n) is 5.59. The molecular weight excluding hydrogens is 216 g/mol. The van der Waals surface area contributed by atoms with Gasteiger partial charge in [-0.3, -0.25) is 0 Å². The normalized spacial score (nSPS) is 12.0. The van der Waals surface area contributed by atoms with E-state index in [1.54, 1.807) is 6.92 Å². The zero-order chi connectivity index (χ0) is 12.8. The summed E-state index contributed by atoms with van der Waals surface area (Å²) in [4.78, 5) is 11.4. The largest absolute Gasteiger partial charge is 0.454 e. The summed E-state index contributed by atoms with van der Waals surface area (Å²) in [6, 6.07) is 9.28. The number of rotatable bonds is 5. The van der Waals surface area contributed by atoms with Crippen molar-refractivity contribution in [3.8, 4) is 5.75 Å². The highest BCUT2D eigenvalue weighted by molar-refractivity contribution is 5.87. The molecule has 1 atom stereocenters. The molecule has 3 nitrogen and oxygen atoms in total. The first-order valence-corrected chi connectivity index (χ1v) is 5.59. The summed E-state index contributed by atoms with van der Waals surface area (Å²) in [6.07, 6.45) is -0.596. The summed E-state index contributed by atoms with van der Waals surface area (Å²) in [5, 5.41) is 0. The molecule has 17 heavy (non-hydrogen) atoms. The lowest BCUT2D eigenvalue weighted by molar-refractivity contribution is -0.164. The molecule has 0 N–H and O–H groups in total. The molecular formula is C14H18O3. The molecule has 0 aromatic heterocycles. The number of esters is 1. The van der Waals surface area contributed by atoms with Crippen molar-refractivity contribution in [1.82, 2.24) is 0 Å². The van der Waals surface area contributed by atoms with Gasteiger partial charge in [0.25, 0.3) is 0 Å². The van der Waals surface area contributed by atoms with Gasteiger partial charge in [0.2, 0.25) is 6.29 Å². The lowest BCUT2D eigenvalue weighted by Crippen LogP contribution is -2.29. The van der Waals surface area contributed by atoms with E-state index in [9.17, 15) is 4.79 Å². The Labute approximate surface area is 102 Å². The number of para-hydroxylation sites is 1. The van der Waals surface area contributed by atoms with Crippen molar-refractivity contribution < 1.29 is 14.3 Å². The molecule has 0 amide bonds. The topological polar surface area (TPSA) is 35.5 Å². The van der Waals surface area contributed by atoms with Crippen LogP contribution in [0.15, 0.2) is 42.5 Å². The van der Waals surface area contributed by atoms with E-state index in [0.717, 1.165) is 0 Å². The minimum Gasteiger partial charge on any atom is -0.454 e. The molecule has 0 fully saturated rings. The lowest BCUT2D eigenvalue weighted by atomic mass is 10.2. The molecule has 1 aromatic carbocycles. The van der Waals surface area contributed by atoms with Crippen LogP contribution in [0, 0.1) is 5.92 Å². The molecule has 1 aromatic rings. The number of hydrogen-bond donors (Lipinski definition) is 0. The average Bonchev–Trinajstić information content (AvgIpc) is 2.29. The van der Waals surface area contributed by atoms with Crippen LogP contribution in [0.25, 0.3) is 0 Å². The van der Waals surface area contributed by atoms with Crippen molar-refractivity contribution in [1.29, 1.82) is 0 Å².